The van der Waals surface area contributed by atoms with Crippen molar-refractivity contribution in [2.45, 2.75) is 6.92 Å². The molecule has 0 aromatic heterocycles. The average molecular weight is 323 g/mol. The predicted molar refractivity (Wildman–Crippen MR) is 84.3 cm³/mol. The van der Waals surface area contributed by atoms with E-state index in [9.17, 15) is 13.2 Å². The molecule has 22 heavy (non-hydrogen) atoms. The first kappa shape index (κ1) is 16.0. The van der Waals surface area contributed by atoms with Gasteiger partial charge in [0.05, 0.1) is 11.4 Å². The summed E-state index contributed by atoms with van der Waals surface area (Å²) in [7, 11) is 0. The second-order valence-electron chi connectivity index (χ2n) is 4.37. The van der Waals surface area contributed by atoms with Gasteiger partial charge in [0.25, 0.3) is 0 Å². The van der Waals surface area contributed by atoms with Crippen LogP contribution in [0.15, 0.2) is 47.6 Å². The summed E-state index contributed by atoms with van der Waals surface area (Å²) >= 11 is 4.97. The van der Waals surface area contributed by atoms with E-state index in [2.05, 4.69) is 15.8 Å². The van der Waals surface area contributed by atoms with Crippen molar-refractivity contribution in [2.24, 2.45) is 5.10 Å². The van der Waals surface area contributed by atoms with Gasteiger partial charge in [-0.2, -0.15) is 5.10 Å². The van der Waals surface area contributed by atoms with Gasteiger partial charge in [-0.25, -0.2) is 13.2 Å². The fraction of sp³-hybridized carbons (Fsp3) is 0.0667. The molecule has 3 nitrogen and oxygen atoms in total. The molecule has 0 fully saturated rings. The molecule has 0 bridgehead atoms. The fourth-order valence-electron chi connectivity index (χ4n) is 1.69. The molecule has 7 heteroatoms. The zero-order chi connectivity index (χ0) is 16.1. The summed E-state index contributed by atoms with van der Waals surface area (Å²) in [6.45, 7) is 1.54. The first-order valence-corrected chi connectivity index (χ1v) is 6.69. The van der Waals surface area contributed by atoms with E-state index in [0.29, 0.717) is 0 Å². The molecule has 114 valence electrons. The summed E-state index contributed by atoms with van der Waals surface area (Å²) in [5, 5.41) is 6.56. The Morgan fingerprint density at radius 3 is 2.45 bits per heavy atom. The average Bonchev–Trinajstić information content (AvgIpc) is 2.47. The third-order valence-electron chi connectivity index (χ3n) is 2.77. The highest BCUT2D eigenvalue weighted by atomic mass is 32.1. The van der Waals surface area contributed by atoms with E-state index in [1.54, 1.807) is 12.1 Å². The van der Waals surface area contributed by atoms with E-state index >= 15 is 0 Å². The normalized spacial score (nSPS) is 11.2. The van der Waals surface area contributed by atoms with Crippen LogP contribution in [0.4, 0.5) is 18.9 Å². The summed E-state index contributed by atoms with van der Waals surface area (Å²) < 4.78 is 39.9. The largest absolute Gasteiger partial charge is 0.329 e. The molecule has 2 aromatic rings. The minimum absolute atomic E-state index is 0.0481. The molecule has 0 aliphatic carbocycles. The van der Waals surface area contributed by atoms with Crippen molar-refractivity contribution in [3.63, 3.8) is 0 Å². The number of hydrogen-bond donors (Lipinski definition) is 2. The number of halogens is 3. The van der Waals surface area contributed by atoms with Crippen LogP contribution in [0, 0.1) is 17.5 Å². The number of rotatable bonds is 3. The van der Waals surface area contributed by atoms with Gasteiger partial charge < -0.3 is 5.32 Å². The van der Waals surface area contributed by atoms with Crippen molar-refractivity contribution in [1.82, 2.24) is 5.43 Å². The van der Waals surface area contributed by atoms with Crippen LogP contribution >= 0.6 is 12.2 Å². The maximum absolute atomic E-state index is 13.6. The van der Waals surface area contributed by atoms with Crippen molar-refractivity contribution in [3.8, 4) is 0 Å². The van der Waals surface area contributed by atoms with Gasteiger partial charge in [-0.3, -0.25) is 5.43 Å². The zero-order valence-electron chi connectivity index (χ0n) is 11.5. The third kappa shape index (κ3) is 4.05. The van der Waals surface area contributed by atoms with Gasteiger partial charge in [0.1, 0.15) is 17.5 Å². The first-order chi connectivity index (χ1) is 10.5. The highest BCUT2D eigenvalue weighted by Gasteiger charge is 2.07. The Bertz CT molecular complexity index is 732. The quantitative estimate of drug-likeness (QED) is 0.512. The molecule has 2 N–H and O–H groups in total. The van der Waals surface area contributed by atoms with Gasteiger partial charge in [0, 0.05) is 11.6 Å². The molecule has 0 saturated heterocycles. The SMILES string of the molecule is C/C(=N/NC(=S)Nc1ccccc1F)c1ccc(F)cc1F. The number of para-hydroxylation sites is 1. The molecular formula is C15H12F3N3S. The van der Waals surface area contributed by atoms with Crippen molar-refractivity contribution < 1.29 is 13.2 Å². The van der Waals surface area contributed by atoms with Gasteiger partial charge in [0.15, 0.2) is 5.11 Å². The molecule has 0 radical (unpaired) electrons. The Hall–Kier alpha value is -2.41. The number of nitrogens with one attached hydrogen (secondary N) is 2. The van der Waals surface area contributed by atoms with E-state index in [-0.39, 0.29) is 22.1 Å². The van der Waals surface area contributed by atoms with E-state index < -0.39 is 17.5 Å². The van der Waals surface area contributed by atoms with Crippen LogP contribution in [0.2, 0.25) is 0 Å². The lowest BCUT2D eigenvalue weighted by Gasteiger charge is -2.09. The minimum Gasteiger partial charge on any atom is -0.329 e. The molecule has 0 spiro atoms. The van der Waals surface area contributed by atoms with Crippen LogP contribution in [0.1, 0.15) is 12.5 Å². The lowest BCUT2D eigenvalue weighted by molar-refractivity contribution is 0.581. The smallest absolute Gasteiger partial charge is 0.191 e. The summed E-state index contributed by atoms with van der Waals surface area (Å²) in [4.78, 5) is 0. The molecular weight excluding hydrogens is 311 g/mol. The molecule has 2 aromatic carbocycles. The molecule has 0 amide bonds. The van der Waals surface area contributed by atoms with Crippen LogP contribution in [0.3, 0.4) is 0 Å². The van der Waals surface area contributed by atoms with E-state index in [1.165, 1.54) is 25.1 Å². The van der Waals surface area contributed by atoms with Crippen molar-refractivity contribution >= 4 is 28.7 Å². The number of benzene rings is 2. The second kappa shape index (κ2) is 7.04. The van der Waals surface area contributed by atoms with E-state index in [1.807, 2.05) is 0 Å². The minimum atomic E-state index is -0.726. The number of anilines is 1. The van der Waals surface area contributed by atoms with Gasteiger partial charge in [0.2, 0.25) is 0 Å². The van der Waals surface area contributed by atoms with Crippen molar-refractivity contribution in [2.75, 3.05) is 5.32 Å². The highest BCUT2D eigenvalue weighted by molar-refractivity contribution is 7.80. The Morgan fingerprint density at radius 2 is 1.77 bits per heavy atom. The Morgan fingerprint density at radius 1 is 1.05 bits per heavy atom. The molecule has 2 rings (SSSR count). The van der Waals surface area contributed by atoms with Crippen LogP contribution in [-0.2, 0) is 0 Å². The lowest BCUT2D eigenvalue weighted by Crippen LogP contribution is -2.25. The maximum atomic E-state index is 13.6. The number of hydrazone groups is 1. The number of hydrogen-bond acceptors (Lipinski definition) is 2. The van der Waals surface area contributed by atoms with Crippen LogP contribution in [0.25, 0.3) is 0 Å². The highest BCUT2D eigenvalue weighted by Crippen LogP contribution is 2.12. The Kier molecular flexibility index (Phi) is 5.11. The fourth-order valence-corrected chi connectivity index (χ4v) is 1.85. The van der Waals surface area contributed by atoms with Gasteiger partial charge in [-0.1, -0.05) is 12.1 Å². The van der Waals surface area contributed by atoms with E-state index in [4.69, 9.17) is 12.2 Å². The third-order valence-corrected chi connectivity index (χ3v) is 2.96. The molecule has 0 unspecified atom stereocenters. The second-order valence-corrected chi connectivity index (χ2v) is 4.78. The summed E-state index contributed by atoms with van der Waals surface area (Å²) in [5.41, 5.74) is 3.09. The van der Waals surface area contributed by atoms with Crippen LogP contribution in [-0.4, -0.2) is 10.8 Å². The molecule has 0 atom stereocenters. The van der Waals surface area contributed by atoms with Crippen LogP contribution < -0.4 is 10.7 Å². The van der Waals surface area contributed by atoms with Crippen LogP contribution in [0.5, 0.6) is 0 Å². The van der Waals surface area contributed by atoms with Gasteiger partial charge in [-0.05, 0) is 43.4 Å². The monoisotopic (exact) mass is 323 g/mol. The lowest BCUT2D eigenvalue weighted by atomic mass is 10.1. The summed E-state index contributed by atoms with van der Waals surface area (Å²) in [6.07, 6.45) is 0. The predicted octanol–water partition coefficient (Wildman–Crippen LogP) is 3.81. The summed E-state index contributed by atoms with van der Waals surface area (Å²) in [5.74, 6) is -1.85. The number of thiocarbonyl (C=S) groups is 1. The molecule has 0 aliphatic heterocycles. The Labute approximate surface area is 130 Å². The Balaban J connectivity index is 2.04. The zero-order valence-corrected chi connectivity index (χ0v) is 12.3. The molecule has 0 heterocycles. The standard InChI is InChI=1S/C15H12F3N3S/c1-9(11-7-6-10(16)8-13(11)18)20-21-15(22)19-14-5-3-2-4-12(14)17/h2-8H,1H3,(H2,19,21,22)/b20-9-. The topological polar surface area (TPSA) is 36.4 Å². The molecule has 0 saturated carbocycles. The van der Waals surface area contributed by atoms with Crippen molar-refractivity contribution in [1.29, 1.82) is 0 Å². The van der Waals surface area contributed by atoms with Gasteiger partial charge in [-0.15, -0.1) is 0 Å². The summed E-state index contributed by atoms with van der Waals surface area (Å²) in [6, 6.07) is 9.18. The maximum Gasteiger partial charge on any atom is 0.191 e. The van der Waals surface area contributed by atoms with Gasteiger partial charge >= 0.3 is 0 Å². The first-order valence-electron chi connectivity index (χ1n) is 6.28. The van der Waals surface area contributed by atoms with Crippen molar-refractivity contribution in [3.05, 3.63) is 65.5 Å². The van der Waals surface area contributed by atoms with E-state index in [0.717, 1.165) is 12.1 Å². The number of nitrogens with zero attached hydrogens (tertiary/aromatic N) is 1. The molecule has 0 aliphatic rings.